The molecule has 7 nitrogen and oxygen atoms in total. The van der Waals surface area contributed by atoms with Crippen molar-refractivity contribution in [3.63, 3.8) is 0 Å². The molecule has 0 unspecified atom stereocenters. The van der Waals surface area contributed by atoms with E-state index in [0.29, 0.717) is 24.0 Å². The van der Waals surface area contributed by atoms with Crippen molar-refractivity contribution >= 4 is 27.4 Å². The van der Waals surface area contributed by atoms with Gasteiger partial charge < -0.3 is 14.7 Å². The van der Waals surface area contributed by atoms with Crippen molar-refractivity contribution in [3.05, 3.63) is 48.0 Å². The Morgan fingerprint density at radius 3 is 2.59 bits per heavy atom. The van der Waals surface area contributed by atoms with Gasteiger partial charge in [0.25, 0.3) is 10.0 Å². The van der Waals surface area contributed by atoms with Gasteiger partial charge in [-0.15, -0.1) is 0 Å². The first-order chi connectivity index (χ1) is 13.8. The number of nitrogens with one attached hydrogen (secondary N) is 1. The molecule has 1 atom stereocenters. The normalized spacial score (nSPS) is 17.0. The summed E-state index contributed by atoms with van der Waals surface area (Å²) in [7, 11) is -3.89. The maximum absolute atomic E-state index is 12.9. The molecule has 0 spiro atoms. The molecule has 1 fully saturated rings. The van der Waals surface area contributed by atoms with Gasteiger partial charge in [-0.3, -0.25) is 4.72 Å². The summed E-state index contributed by atoms with van der Waals surface area (Å²) >= 11 is 0. The molecule has 0 amide bonds. The van der Waals surface area contributed by atoms with Gasteiger partial charge in [0.1, 0.15) is 5.75 Å². The third-order valence-electron chi connectivity index (χ3n) is 4.93. The van der Waals surface area contributed by atoms with Crippen LogP contribution < -0.4 is 14.4 Å². The van der Waals surface area contributed by atoms with Crippen LogP contribution in [0.3, 0.4) is 0 Å². The fourth-order valence-corrected chi connectivity index (χ4v) is 4.59. The van der Waals surface area contributed by atoms with Crippen LogP contribution in [0, 0.1) is 5.92 Å². The standard InChI is InChI=1S/C21H26N2O5S/c1-3-28-17-7-9-18(10-8-17)29(26,27)22-19-13-16(21(24)25)6-11-20(19)23-12-4-5-15(2)14-23/h6-11,13,15,22H,3-5,12,14H2,1-2H3,(H,24,25)/t15-/m1/s1. The Labute approximate surface area is 171 Å². The summed E-state index contributed by atoms with van der Waals surface area (Å²) in [6, 6.07) is 10.7. The van der Waals surface area contributed by atoms with Crippen LogP contribution in [0.25, 0.3) is 0 Å². The predicted molar refractivity (Wildman–Crippen MR) is 112 cm³/mol. The zero-order valence-corrected chi connectivity index (χ0v) is 17.4. The number of carboxylic acids is 1. The molecule has 2 aromatic rings. The molecule has 1 aliphatic heterocycles. The highest BCUT2D eigenvalue weighted by Gasteiger charge is 2.23. The van der Waals surface area contributed by atoms with E-state index in [1.165, 1.54) is 24.3 Å². The molecule has 0 aromatic heterocycles. The Bertz CT molecular complexity index is 973. The molecule has 1 aliphatic rings. The first-order valence-corrected chi connectivity index (χ1v) is 11.2. The van der Waals surface area contributed by atoms with E-state index in [2.05, 4.69) is 16.5 Å². The van der Waals surface area contributed by atoms with Crippen molar-refractivity contribution < 1.29 is 23.1 Å². The highest BCUT2D eigenvalue weighted by Crippen LogP contribution is 2.32. The Balaban J connectivity index is 1.94. The van der Waals surface area contributed by atoms with Gasteiger partial charge >= 0.3 is 5.97 Å². The van der Waals surface area contributed by atoms with Crippen molar-refractivity contribution in [1.29, 1.82) is 0 Å². The van der Waals surface area contributed by atoms with Gasteiger partial charge in [0, 0.05) is 13.1 Å². The predicted octanol–water partition coefficient (Wildman–Crippen LogP) is 3.82. The summed E-state index contributed by atoms with van der Waals surface area (Å²) in [5.41, 5.74) is 0.993. The average Bonchev–Trinajstić information content (AvgIpc) is 2.68. The maximum atomic E-state index is 12.9. The fourth-order valence-electron chi connectivity index (χ4n) is 3.52. The van der Waals surface area contributed by atoms with Crippen LogP contribution in [0.2, 0.25) is 0 Å². The Morgan fingerprint density at radius 2 is 1.97 bits per heavy atom. The quantitative estimate of drug-likeness (QED) is 0.710. The molecule has 1 saturated heterocycles. The highest BCUT2D eigenvalue weighted by atomic mass is 32.2. The van der Waals surface area contributed by atoms with Gasteiger partial charge in [-0.25, -0.2) is 13.2 Å². The van der Waals surface area contributed by atoms with Crippen LogP contribution in [0.1, 0.15) is 37.0 Å². The molecule has 2 aromatic carbocycles. The zero-order chi connectivity index (χ0) is 21.0. The van der Waals surface area contributed by atoms with Gasteiger partial charge in [0.2, 0.25) is 0 Å². The summed E-state index contributed by atoms with van der Waals surface area (Å²) in [6.45, 7) is 6.09. The van der Waals surface area contributed by atoms with Crippen LogP contribution in [0.4, 0.5) is 11.4 Å². The van der Waals surface area contributed by atoms with Crippen LogP contribution >= 0.6 is 0 Å². The number of benzene rings is 2. The number of carbonyl (C=O) groups is 1. The molecular weight excluding hydrogens is 392 g/mol. The number of piperidine rings is 1. The number of anilines is 2. The maximum Gasteiger partial charge on any atom is 0.335 e. The summed E-state index contributed by atoms with van der Waals surface area (Å²) in [4.78, 5) is 13.6. The molecule has 1 heterocycles. The topological polar surface area (TPSA) is 95.9 Å². The second-order valence-electron chi connectivity index (χ2n) is 7.24. The van der Waals surface area contributed by atoms with Gasteiger partial charge in [0.15, 0.2) is 0 Å². The molecule has 29 heavy (non-hydrogen) atoms. The SMILES string of the molecule is CCOc1ccc(S(=O)(=O)Nc2cc(C(=O)O)ccc2N2CCC[C@@H](C)C2)cc1. The lowest BCUT2D eigenvalue weighted by Gasteiger charge is -2.34. The Morgan fingerprint density at radius 1 is 1.24 bits per heavy atom. The summed E-state index contributed by atoms with van der Waals surface area (Å²) in [6.07, 6.45) is 2.13. The van der Waals surface area contributed by atoms with E-state index in [0.717, 1.165) is 25.9 Å². The molecule has 0 bridgehead atoms. The Hall–Kier alpha value is -2.74. The highest BCUT2D eigenvalue weighted by molar-refractivity contribution is 7.92. The lowest BCUT2D eigenvalue weighted by Crippen LogP contribution is -2.35. The minimum absolute atomic E-state index is 0.0307. The van der Waals surface area contributed by atoms with Crippen molar-refractivity contribution in [2.24, 2.45) is 5.92 Å². The van der Waals surface area contributed by atoms with Crippen molar-refractivity contribution in [3.8, 4) is 5.75 Å². The first kappa shape index (κ1) is 21.0. The molecule has 2 N–H and O–H groups in total. The van der Waals surface area contributed by atoms with E-state index in [1.54, 1.807) is 18.2 Å². The minimum atomic E-state index is -3.89. The van der Waals surface area contributed by atoms with E-state index < -0.39 is 16.0 Å². The number of carboxylic acid groups (broad SMARTS) is 1. The number of sulfonamides is 1. The monoisotopic (exact) mass is 418 g/mol. The summed E-state index contributed by atoms with van der Waals surface area (Å²) < 4.78 is 33.8. The van der Waals surface area contributed by atoms with E-state index in [1.807, 2.05) is 6.92 Å². The molecule has 8 heteroatoms. The van der Waals surface area contributed by atoms with Crippen molar-refractivity contribution in [2.45, 2.75) is 31.6 Å². The number of aromatic carboxylic acids is 1. The largest absolute Gasteiger partial charge is 0.494 e. The molecule has 156 valence electrons. The van der Waals surface area contributed by atoms with Crippen LogP contribution in [0.5, 0.6) is 5.75 Å². The number of hydrogen-bond acceptors (Lipinski definition) is 5. The zero-order valence-electron chi connectivity index (χ0n) is 16.6. The minimum Gasteiger partial charge on any atom is -0.494 e. The van der Waals surface area contributed by atoms with E-state index >= 15 is 0 Å². The van der Waals surface area contributed by atoms with Crippen molar-refractivity contribution in [1.82, 2.24) is 0 Å². The molecular formula is C21H26N2O5S. The second kappa shape index (κ2) is 8.73. The molecule has 0 saturated carbocycles. The van der Waals surface area contributed by atoms with Gasteiger partial charge in [0.05, 0.1) is 28.4 Å². The number of nitrogens with zero attached hydrogens (tertiary/aromatic N) is 1. The van der Waals surface area contributed by atoms with E-state index in [9.17, 15) is 18.3 Å². The van der Waals surface area contributed by atoms with E-state index in [4.69, 9.17) is 4.74 Å². The smallest absolute Gasteiger partial charge is 0.335 e. The molecule has 3 rings (SSSR count). The number of rotatable bonds is 7. The number of ether oxygens (including phenoxy) is 1. The second-order valence-corrected chi connectivity index (χ2v) is 8.92. The van der Waals surface area contributed by atoms with Gasteiger partial charge in [-0.05, 0) is 68.1 Å². The summed E-state index contributed by atoms with van der Waals surface area (Å²) in [5, 5.41) is 9.34. The van der Waals surface area contributed by atoms with Crippen LogP contribution in [-0.4, -0.2) is 39.2 Å². The first-order valence-electron chi connectivity index (χ1n) is 9.68. The Kier molecular flexibility index (Phi) is 6.32. The number of hydrogen-bond donors (Lipinski definition) is 2. The van der Waals surface area contributed by atoms with Crippen LogP contribution in [-0.2, 0) is 10.0 Å². The third-order valence-corrected chi connectivity index (χ3v) is 6.31. The molecule has 0 aliphatic carbocycles. The fraction of sp³-hybridized carbons (Fsp3) is 0.381. The molecule has 0 radical (unpaired) electrons. The van der Waals surface area contributed by atoms with Gasteiger partial charge in [-0.1, -0.05) is 6.92 Å². The average molecular weight is 419 g/mol. The van der Waals surface area contributed by atoms with Crippen LogP contribution in [0.15, 0.2) is 47.4 Å². The lowest BCUT2D eigenvalue weighted by atomic mass is 9.99. The third kappa shape index (κ3) is 5.00. The lowest BCUT2D eigenvalue weighted by molar-refractivity contribution is 0.0697. The van der Waals surface area contributed by atoms with Crippen molar-refractivity contribution in [2.75, 3.05) is 29.3 Å². The summed E-state index contributed by atoms with van der Waals surface area (Å²) in [5.74, 6) is -0.0362. The van der Waals surface area contributed by atoms with E-state index in [-0.39, 0.29) is 16.1 Å². The van der Waals surface area contributed by atoms with Gasteiger partial charge in [-0.2, -0.15) is 0 Å².